The van der Waals surface area contributed by atoms with Crippen LogP contribution in [0.1, 0.15) is 30.9 Å². The highest BCUT2D eigenvalue weighted by Crippen LogP contribution is 2.38. The Hall–Kier alpha value is -2.10. The van der Waals surface area contributed by atoms with E-state index in [2.05, 4.69) is 12.1 Å². The minimum atomic E-state index is 0.449. The number of aldehydes is 1. The normalized spacial score (nSPS) is 14.2. The van der Waals surface area contributed by atoms with Gasteiger partial charge < -0.3 is 4.79 Å². The Morgan fingerprint density at radius 3 is 2.76 bits per heavy atom. The number of hydrogen-bond donors (Lipinski definition) is 0. The van der Waals surface area contributed by atoms with Crippen molar-refractivity contribution < 1.29 is 4.79 Å². The first-order valence-electron chi connectivity index (χ1n) is 8.09. The first-order valence-corrected chi connectivity index (χ1v) is 9.28. The molecule has 2 nitrogen and oxygen atoms in total. The molecule has 0 radical (unpaired) electrons. The number of nitrogens with zero attached hydrogens (tertiary/aromatic N) is 1. The van der Waals surface area contributed by atoms with Crippen LogP contribution in [0.25, 0.3) is 0 Å². The third-order valence-electron chi connectivity index (χ3n) is 3.86. The van der Waals surface area contributed by atoms with Crippen molar-refractivity contribution in [3.8, 4) is 0 Å². The van der Waals surface area contributed by atoms with E-state index in [-0.39, 0.29) is 0 Å². The summed E-state index contributed by atoms with van der Waals surface area (Å²) in [6.07, 6.45) is 6.05. The lowest BCUT2D eigenvalue weighted by Gasteiger charge is -2.10. The van der Waals surface area contributed by atoms with E-state index in [1.165, 1.54) is 9.80 Å². The molecule has 0 spiro atoms. The second kappa shape index (κ2) is 8.32. The topological polar surface area (TPSA) is 29.4 Å². The highest BCUT2D eigenvalue weighted by molar-refractivity contribution is 8.03. The smallest absolute Gasteiger partial charge is 0.123 e. The van der Waals surface area contributed by atoms with Gasteiger partial charge in [0.15, 0.2) is 0 Å². The lowest BCUT2D eigenvalue weighted by atomic mass is 10.0. The number of allylic oxidation sites excluding steroid dienone is 4. The molecule has 4 heteroatoms. The van der Waals surface area contributed by atoms with Gasteiger partial charge in [-0.1, -0.05) is 65.8 Å². The minimum absolute atomic E-state index is 0.449. The van der Waals surface area contributed by atoms with Gasteiger partial charge in [-0.2, -0.15) is 0 Å². The Labute approximate surface area is 157 Å². The highest BCUT2D eigenvalue weighted by atomic mass is 35.5. The maximum atomic E-state index is 10.5. The standard InChI is InChI=1S/C21H18ClNOS/c1-15-19(11-3-2-6-13-24)25-20-12-5-4-10-18(20)21(23-15)16-8-7-9-17(22)14-16/h2-5,7-10,12-14H,6,11H2,1H3/b3-2-. The summed E-state index contributed by atoms with van der Waals surface area (Å²) in [6, 6.07) is 16.1. The van der Waals surface area contributed by atoms with Crippen molar-refractivity contribution in [2.75, 3.05) is 0 Å². The Morgan fingerprint density at radius 1 is 1.12 bits per heavy atom. The second-order valence-corrected chi connectivity index (χ2v) is 7.23. The maximum Gasteiger partial charge on any atom is 0.123 e. The molecule has 1 aliphatic heterocycles. The van der Waals surface area contributed by atoms with Crippen LogP contribution in [0.4, 0.5) is 0 Å². The molecular formula is C21H18ClNOS. The molecule has 0 unspecified atom stereocenters. The van der Waals surface area contributed by atoms with Crippen LogP contribution in [-0.2, 0) is 4.79 Å². The molecule has 1 aliphatic rings. The van der Waals surface area contributed by atoms with E-state index in [0.717, 1.165) is 35.2 Å². The average molecular weight is 368 g/mol. The van der Waals surface area contributed by atoms with E-state index in [9.17, 15) is 4.79 Å². The van der Waals surface area contributed by atoms with Crippen molar-refractivity contribution in [1.29, 1.82) is 0 Å². The van der Waals surface area contributed by atoms with Gasteiger partial charge in [0.1, 0.15) is 6.29 Å². The first kappa shape index (κ1) is 17.7. The summed E-state index contributed by atoms with van der Waals surface area (Å²) >= 11 is 7.92. The van der Waals surface area contributed by atoms with E-state index in [1.807, 2.05) is 55.5 Å². The van der Waals surface area contributed by atoms with Crippen LogP contribution in [0.5, 0.6) is 0 Å². The molecule has 25 heavy (non-hydrogen) atoms. The summed E-state index contributed by atoms with van der Waals surface area (Å²) < 4.78 is 0. The number of thioether (sulfide) groups is 1. The summed E-state index contributed by atoms with van der Waals surface area (Å²) in [5.74, 6) is 0. The largest absolute Gasteiger partial charge is 0.303 e. The first-order chi connectivity index (χ1) is 12.2. The molecule has 0 amide bonds. The van der Waals surface area contributed by atoms with Crippen molar-refractivity contribution >= 4 is 35.4 Å². The third kappa shape index (κ3) is 4.30. The van der Waals surface area contributed by atoms with Crippen molar-refractivity contribution in [3.63, 3.8) is 0 Å². The zero-order valence-corrected chi connectivity index (χ0v) is 15.5. The van der Waals surface area contributed by atoms with Gasteiger partial charge in [0.25, 0.3) is 0 Å². The van der Waals surface area contributed by atoms with Gasteiger partial charge in [0.2, 0.25) is 0 Å². The molecule has 3 rings (SSSR count). The lowest BCUT2D eigenvalue weighted by molar-refractivity contribution is -0.107. The number of benzene rings is 2. The van der Waals surface area contributed by atoms with Crippen LogP contribution >= 0.6 is 23.4 Å². The molecule has 0 saturated heterocycles. The van der Waals surface area contributed by atoms with Gasteiger partial charge >= 0.3 is 0 Å². The quantitative estimate of drug-likeness (QED) is 0.475. The molecule has 1 heterocycles. The zero-order chi connectivity index (χ0) is 17.6. The fourth-order valence-electron chi connectivity index (χ4n) is 2.64. The monoisotopic (exact) mass is 367 g/mol. The molecule has 0 N–H and O–H groups in total. The predicted octanol–water partition coefficient (Wildman–Crippen LogP) is 6.05. The molecule has 0 aromatic heterocycles. The fraction of sp³-hybridized carbons (Fsp3) is 0.143. The molecule has 0 atom stereocenters. The molecule has 126 valence electrons. The minimum Gasteiger partial charge on any atom is -0.303 e. The van der Waals surface area contributed by atoms with Crippen molar-refractivity contribution in [1.82, 2.24) is 0 Å². The van der Waals surface area contributed by atoms with Crippen LogP contribution in [0.15, 0.2) is 81.2 Å². The Kier molecular flexibility index (Phi) is 5.90. The number of fused-ring (bicyclic) bond motifs is 1. The molecule has 0 fully saturated rings. The van der Waals surface area contributed by atoms with Gasteiger partial charge in [-0.25, -0.2) is 0 Å². The number of carbonyl (C=O) groups is 1. The number of halogens is 1. The van der Waals surface area contributed by atoms with Crippen LogP contribution in [0.2, 0.25) is 5.02 Å². The van der Waals surface area contributed by atoms with Gasteiger partial charge in [0, 0.05) is 38.1 Å². The summed E-state index contributed by atoms with van der Waals surface area (Å²) in [5, 5.41) is 0.702. The Morgan fingerprint density at radius 2 is 1.96 bits per heavy atom. The molecular weight excluding hydrogens is 350 g/mol. The van der Waals surface area contributed by atoms with E-state index in [1.54, 1.807) is 11.8 Å². The predicted molar refractivity (Wildman–Crippen MR) is 107 cm³/mol. The van der Waals surface area contributed by atoms with Crippen molar-refractivity contribution in [2.24, 2.45) is 4.99 Å². The molecule has 2 aromatic carbocycles. The average Bonchev–Trinajstić information content (AvgIpc) is 2.76. The van der Waals surface area contributed by atoms with E-state index >= 15 is 0 Å². The third-order valence-corrected chi connectivity index (χ3v) is 5.38. The van der Waals surface area contributed by atoms with Crippen molar-refractivity contribution in [2.45, 2.75) is 24.7 Å². The molecule has 0 aliphatic carbocycles. The number of carbonyl (C=O) groups excluding carboxylic acids is 1. The van der Waals surface area contributed by atoms with Crippen LogP contribution in [0, 0.1) is 0 Å². The summed E-state index contributed by atoms with van der Waals surface area (Å²) in [7, 11) is 0. The zero-order valence-electron chi connectivity index (χ0n) is 13.9. The maximum absolute atomic E-state index is 10.5. The van der Waals surface area contributed by atoms with Gasteiger partial charge in [-0.05, 0) is 31.5 Å². The van der Waals surface area contributed by atoms with Crippen LogP contribution < -0.4 is 0 Å². The second-order valence-electron chi connectivity index (χ2n) is 5.66. The Balaban J connectivity index is 2.06. The molecule has 2 aromatic rings. The van der Waals surface area contributed by atoms with Crippen LogP contribution in [-0.4, -0.2) is 12.0 Å². The lowest BCUT2D eigenvalue weighted by Crippen LogP contribution is -2.04. The van der Waals surface area contributed by atoms with Crippen molar-refractivity contribution in [3.05, 3.63) is 87.4 Å². The molecule has 0 bridgehead atoms. The summed E-state index contributed by atoms with van der Waals surface area (Å²) in [5.41, 5.74) is 4.06. The number of hydrogen-bond acceptors (Lipinski definition) is 3. The van der Waals surface area contributed by atoms with Gasteiger partial charge in [0.05, 0.1) is 5.71 Å². The van der Waals surface area contributed by atoms with Gasteiger partial charge in [-0.3, -0.25) is 4.99 Å². The van der Waals surface area contributed by atoms with Gasteiger partial charge in [-0.15, -0.1) is 0 Å². The number of aliphatic imine (C=N–C) groups is 1. The van der Waals surface area contributed by atoms with E-state index in [4.69, 9.17) is 16.6 Å². The van der Waals surface area contributed by atoms with E-state index < -0.39 is 0 Å². The SMILES string of the molecule is CC1=C(C/C=C\CC=O)Sc2ccccc2C(c2cccc(Cl)c2)=N1. The fourth-order valence-corrected chi connectivity index (χ4v) is 3.89. The molecule has 0 saturated carbocycles. The van der Waals surface area contributed by atoms with E-state index in [0.29, 0.717) is 11.4 Å². The Bertz CT molecular complexity index is 883. The highest BCUT2D eigenvalue weighted by Gasteiger charge is 2.18. The van der Waals surface area contributed by atoms with Crippen LogP contribution in [0.3, 0.4) is 0 Å². The summed E-state index contributed by atoms with van der Waals surface area (Å²) in [4.78, 5) is 17.8. The summed E-state index contributed by atoms with van der Waals surface area (Å²) in [6.45, 7) is 2.03. The number of rotatable bonds is 5.